The SMILES string of the molecule is CCCC[C@H](NC(=O)[C@H](Cc1ccc(CS(=O)(=O)O)cc1)NC(=O)C[C@@H](CC(=O)COCCOCCCC(=O)COCCOCCNC(=O)CC[C@H](CC(=O)CCCCCCCCCCCCCCCCC(=O)O)C(=O)O)C(=O)O)C(=O)CN[C@@H](CCCC)C(=O)N(C)[C@H](CC(=O)O)C(=O)N(C)[C@@H](Cc1ccccc1)C(N)=O. The second kappa shape index (κ2) is 59.3. The third-order valence-electron chi connectivity index (χ3n) is 19.0. The molecule has 0 fully saturated rings. The summed E-state index contributed by atoms with van der Waals surface area (Å²) in [7, 11) is -1.92. The molecule has 0 aliphatic carbocycles. The van der Waals surface area contributed by atoms with Gasteiger partial charge in [-0.1, -0.05) is 171 Å². The highest BCUT2D eigenvalue weighted by atomic mass is 32.2. The lowest BCUT2D eigenvalue weighted by molar-refractivity contribution is -0.152. The molecule has 0 unspecified atom stereocenters. The standard InChI is InChI=1S/C80H125N7O25S/c1-5-7-31-65(70(91)53-83-66(32-8-6-2)77(100)87(4)69(52-74(96)97)78(101)86(3)68(75(81)98)48-57-27-22-21-23-28-57)85-76(99)67(47-58-34-36-59(37-35-58)56-113(106,107)108)84-72(93)51-61(80(104)105)50-64(90)55-112-45-43-109-41-26-30-63(89)54-111-46-44-110-42-40-82-71(92)39-38-60(79(102)103)49-62(88)29-24-19-17-15-13-11-9-10-12-14-16-18-20-25-33-73(94)95/h21-23,27-28,34-37,60-61,65-69,83H,5-20,24-26,29-33,38-56H2,1-4H3,(H2,81,98)(H,82,92)(H,84,93)(H,85,99)(H,94,95)(H,96,97)(H,102,103)(H,104,105)(H,106,107,108)/t60-,61-,65+,66+,67+,68+,69-/m1/s1. The number of amides is 6. The van der Waals surface area contributed by atoms with Crippen LogP contribution in [0.4, 0.5) is 0 Å². The first-order chi connectivity index (χ1) is 53.8. The van der Waals surface area contributed by atoms with Gasteiger partial charge < -0.3 is 70.9 Å². The Morgan fingerprint density at radius 3 is 1.49 bits per heavy atom. The van der Waals surface area contributed by atoms with Gasteiger partial charge in [0.2, 0.25) is 35.4 Å². The molecule has 2 aromatic rings. The monoisotopic (exact) mass is 1620 g/mol. The lowest BCUT2D eigenvalue weighted by Gasteiger charge is -2.35. The van der Waals surface area contributed by atoms with E-state index >= 15 is 0 Å². The Bertz CT molecular complexity index is 3360. The molecule has 11 N–H and O–H groups in total. The Morgan fingerprint density at radius 1 is 0.451 bits per heavy atom. The van der Waals surface area contributed by atoms with Gasteiger partial charge in [0.15, 0.2) is 17.3 Å². The first-order valence-corrected chi connectivity index (χ1v) is 41.2. The molecule has 2 aromatic carbocycles. The van der Waals surface area contributed by atoms with Crippen molar-refractivity contribution in [2.45, 2.75) is 255 Å². The van der Waals surface area contributed by atoms with Crippen molar-refractivity contribution in [1.82, 2.24) is 31.1 Å². The number of ketones is 4. The van der Waals surface area contributed by atoms with Gasteiger partial charge in [0.25, 0.3) is 10.1 Å². The summed E-state index contributed by atoms with van der Waals surface area (Å²) in [5.41, 5.74) is 6.93. The minimum Gasteiger partial charge on any atom is -0.481 e. The molecule has 636 valence electrons. The topological polar surface area (TPSA) is 492 Å². The lowest BCUT2D eigenvalue weighted by Crippen LogP contribution is -2.58. The van der Waals surface area contributed by atoms with Crippen LogP contribution in [0.3, 0.4) is 0 Å². The van der Waals surface area contributed by atoms with Crippen LogP contribution in [0.15, 0.2) is 54.6 Å². The van der Waals surface area contributed by atoms with Gasteiger partial charge in [-0.3, -0.25) is 77.0 Å². The predicted octanol–water partition coefficient (Wildman–Crippen LogP) is 6.70. The Morgan fingerprint density at radius 2 is 0.947 bits per heavy atom. The number of nitrogens with zero attached hydrogens (tertiary/aromatic N) is 2. The summed E-state index contributed by atoms with van der Waals surface area (Å²) in [6.45, 7) is 3.04. The van der Waals surface area contributed by atoms with E-state index in [0.717, 1.165) is 61.2 Å². The van der Waals surface area contributed by atoms with Crippen LogP contribution in [0, 0.1) is 11.8 Å². The fourth-order valence-electron chi connectivity index (χ4n) is 12.5. The predicted molar refractivity (Wildman–Crippen MR) is 417 cm³/mol. The minimum absolute atomic E-state index is 0.00168. The molecule has 33 heteroatoms. The summed E-state index contributed by atoms with van der Waals surface area (Å²) in [6.07, 6.45) is 15.2. The number of likely N-dealkylation sites (N-methyl/N-ethyl adjacent to an activating group) is 2. The summed E-state index contributed by atoms with van der Waals surface area (Å²) < 4.78 is 54.4. The van der Waals surface area contributed by atoms with Crippen molar-refractivity contribution in [1.29, 1.82) is 0 Å². The number of nitrogens with one attached hydrogen (secondary N) is 4. The number of rotatable bonds is 71. The molecular weight excluding hydrogens is 1490 g/mol. The molecule has 0 spiro atoms. The molecule has 32 nitrogen and oxygen atoms in total. The van der Waals surface area contributed by atoms with E-state index in [9.17, 15) is 95.4 Å². The zero-order valence-electron chi connectivity index (χ0n) is 66.4. The Hall–Kier alpha value is -8.47. The van der Waals surface area contributed by atoms with Crippen LogP contribution in [-0.2, 0) is 115 Å². The molecular formula is C80H125N7O25S. The molecule has 0 aromatic heterocycles. The zero-order valence-corrected chi connectivity index (χ0v) is 67.2. The number of carboxylic acids is 4. The van der Waals surface area contributed by atoms with Crippen molar-refractivity contribution < 1.29 is 119 Å². The molecule has 0 radical (unpaired) electrons. The molecule has 113 heavy (non-hydrogen) atoms. The number of Topliss-reactive ketones (excluding diaryl/α,β-unsaturated/α-hetero) is 4. The van der Waals surface area contributed by atoms with E-state index in [1.807, 2.05) is 13.8 Å². The van der Waals surface area contributed by atoms with Crippen molar-refractivity contribution in [2.75, 3.05) is 80.0 Å². The van der Waals surface area contributed by atoms with Gasteiger partial charge in [0, 0.05) is 85.0 Å². The van der Waals surface area contributed by atoms with Crippen LogP contribution in [0.25, 0.3) is 0 Å². The molecule has 0 heterocycles. The summed E-state index contributed by atoms with van der Waals surface area (Å²) in [4.78, 5) is 183. The van der Waals surface area contributed by atoms with Crippen molar-refractivity contribution >= 4 is 92.6 Å². The van der Waals surface area contributed by atoms with Crippen molar-refractivity contribution in [3.63, 3.8) is 0 Å². The average Bonchev–Trinajstić information content (AvgIpc) is 0.821. The molecule has 6 amide bonds. The number of benzene rings is 2. The zero-order chi connectivity index (χ0) is 83.9. The van der Waals surface area contributed by atoms with Gasteiger partial charge in [-0.05, 0) is 55.2 Å². The van der Waals surface area contributed by atoms with E-state index < -0.39 is 155 Å². The molecule has 0 aliphatic heterocycles. The van der Waals surface area contributed by atoms with Crippen LogP contribution < -0.4 is 27.0 Å². The van der Waals surface area contributed by atoms with Crippen molar-refractivity contribution in [2.24, 2.45) is 17.6 Å². The van der Waals surface area contributed by atoms with E-state index in [0.29, 0.717) is 56.1 Å². The smallest absolute Gasteiger partial charge is 0.307 e. The number of ether oxygens (including phenoxy) is 4. The maximum absolute atomic E-state index is 14.4. The largest absolute Gasteiger partial charge is 0.481 e. The van der Waals surface area contributed by atoms with Gasteiger partial charge in [0.05, 0.1) is 69.9 Å². The molecule has 0 aliphatic rings. The van der Waals surface area contributed by atoms with Crippen molar-refractivity contribution in [3.05, 3.63) is 71.3 Å². The number of primary amides is 1. The second-order valence-corrected chi connectivity index (χ2v) is 30.1. The quantitative estimate of drug-likeness (QED) is 0.0243. The van der Waals surface area contributed by atoms with E-state index in [-0.39, 0.29) is 134 Å². The van der Waals surface area contributed by atoms with Gasteiger partial charge >= 0.3 is 23.9 Å². The van der Waals surface area contributed by atoms with E-state index in [1.54, 1.807) is 30.3 Å². The van der Waals surface area contributed by atoms with Gasteiger partial charge in [-0.2, -0.15) is 8.42 Å². The number of carbonyl (C=O) groups is 14. The van der Waals surface area contributed by atoms with Gasteiger partial charge in [0.1, 0.15) is 42.9 Å². The Kier molecular flexibility index (Phi) is 52.8. The number of aliphatic carboxylic acids is 4. The third kappa shape index (κ3) is 47.7. The van der Waals surface area contributed by atoms with Crippen molar-refractivity contribution in [3.8, 4) is 0 Å². The van der Waals surface area contributed by atoms with Crippen LogP contribution in [0.1, 0.15) is 223 Å². The van der Waals surface area contributed by atoms with E-state index in [2.05, 4.69) is 21.3 Å². The van der Waals surface area contributed by atoms with Gasteiger partial charge in [-0.15, -0.1) is 0 Å². The normalized spacial score (nSPS) is 13.2. The Labute approximate surface area is 664 Å². The summed E-state index contributed by atoms with van der Waals surface area (Å²) in [5.74, 6) is -14.4. The number of carbonyl (C=O) groups excluding carboxylic acids is 10. The highest BCUT2D eigenvalue weighted by molar-refractivity contribution is 7.85. The fraction of sp³-hybridized carbons (Fsp3) is 0.675. The molecule has 7 atom stereocenters. The first-order valence-electron chi connectivity index (χ1n) is 39.6. The number of carboxylic acid groups (broad SMARTS) is 4. The molecule has 0 saturated heterocycles. The number of unbranched alkanes of at least 4 members (excludes halogenated alkanes) is 15. The number of hydrogen-bond acceptors (Lipinski definition) is 21. The summed E-state index contributed by atoms with van der Waals surface area (Å²) >= 11 is 0. The van der Waals surface area contributed by atoms with E-state index in [4.69, 9.17) is 29.8 Å². The average molecular weight is 1620 g/mol. The number of hydrogen-bond donors (Lipinski definition) is 10. The highest BCUT2D eigenvalue weighted by Gasteiger charge is 2.38. The summed E-state index contributed by atoms with van der Waals surface area (Å²) in [5, 5.41) is 49.3. The fourth-order valence-corrected chi connectivity index (χ4v) is 13.1. The van der Waals surface area contributed by atoms with Crippen LogP contribution in [0.2, 0.25) is 0 Å². The lowest BCUT2D eigenvalue weighted by atomic mass is 9.94. The minimum atomic E-state index is -4.43. The number of nitrogens with two attached hydrogens (primary N) is 1. The molecule has 2 rings (SSSR count). The van der Waals surface area contributed by atoms with Crippen LogP contribution in [0.5, 0.6) is 0 Å². The Balaban J connectivity index is 1.84. The first kappa shape index (κ1) is 101. The van der Waals surface area contributed by atoms with Gasteiger partial charge in [-0.25, -0.2) is 0 Å². The van der Waals surface area contributed by atoms with Crippen LogP contribution in [-0.4, -0.2) is 236 Å². The van der Waals surface area contributed by atoms with Crippen LogP contribution >= 0.6 is 0 Å². The second-order valence-electron chi connectivity index (χ2n) is 28.7. The third-order valence-corrected chi connectivity index (χ3v) is 19.7. The molecule has 0 bridgehead atoms. The molecule has 0 saturated carbocycles. The maximum Gasteiger partial charge on any atom is 0.307 e. The maximum atomic E-state index is 14.4. The van der Waals surface area contributed by atoms with E-state index in [1.165, 1.54) is 70.5 Å². The summed E-state index contributed by atoms with van der Waals surface area (Å²) in [6, 6.07) is 7.48. The highest BCUT2D eigenvalue weighted by Crippen LogP contribution is 2.21.